The van der Waals surface area contributed by atoms with E-state index in [0.29, 0.717) is 17.5 Å². The Bertz CT molecular complexity index is 646. The van der Waals surface area contributed by atoms with Gasteiger partial charge in [0, 0.05) is 12.1 Å². The van der Waals surface area contributed by atoms with Crippen LogP contribution in [-0.2, 0) is 19.1 Å². The van der Waals surface area contributed by atoms with Crippen LogP contribution in [0.2, 0.25) is 5.15 Å². The van der Waals surface area contributed by atoms with Gasteiger partial charge >= 0.3 is 6.18 Å². The van der Waals surface area contributed by atoms with E-state index in [4.69, 9.17) is 11.6 Å². The smallest absolute Gasteiger partial charge is 0.327 e. The Labute approximate surface area is 119 Å². The Balaban J connectivity index is 2.20. The van der Waals surface area contributed by atoms with Crippen molar-refractivity contribution < 1.29 is 13.2 Å². The molecule has 1 aliphatic heterocycles. The number of hydrogen-bond acceptors (Lipinski definition) is 1. The summed E-state index contributed by atoms with van der Waals surface area (Å²) in [5.41, 5.74) is 0.259. The molecule has 0 saturated carbocycles. The third-order valence-corrected chi connectivity index (χ3v) is 3.85. The van der Waals surface area contributed by atoms with Crippen LogP contribution in [0.25, 0.3) is 11.4 Å². The molecule has 0 bridgehead atoms. The number of halogens is 4. The Morgan fingerprint density at radius 1 is 1.15 bits per heavy atom. The molecular weight excluding hydrogens is 289 g/mol. The highest BCUT2D eigenvalue weighted by atomic mass is 35.5. The number of benzene rings is 1. The van der Waals surface area contributed by atoms with Gasteiger partial charge in [0.15, 0.2) is 5.15 Å². The maximum Gasteiger partial charge on any atom is 0.417 e. The molecule has 106 valence electrons. The summed E-state index contributed by atoms with van der Waals surface area (Å²) in [5.74, 6) is 0.317. The van der Waals surface area contributed by atoms with Crippen LogP contribution in [0.1, 0.15) is 24.1 Å². The van der Waals surface area contributed by atoms with Crippen molar-refractivity contribution in [1.29, 1.82) is 0 Å². The van der Waals surface area contributed by atoms with Gasteiger partial charge in [-0.15, -0.1) is 0 Å². The molecule has 1 aromatic carbocycles. The Morgan fingerprint density at radius 2 is 1.90 bits per heavy atom. The fourth-order valence-electron chi connectivity index (χ4n) is 2.63. The monoisotopic (exact) mass is 300 g/mol. The Morgan fingerprint density at radius 3 is 2.65 bits per heavy atom. The number of hydrogen-bond donors (Lipinski definition) is 0. The minimum Gasteiger partial charge on any atom is -0.327 e. The molecule has 0 N–H and O–H groups in total. The van der Waals surface area contributed by atoms with Crippen LogP contribution >= 0.6 is 11.6 Å². The van der Waals surface area contributed by atoms with E-state index < -0.39 is 11.7 Å². The van der Waals surface area contributed by atoms with Crippen molar-refractivity contribution in [2.24, 2.45) is 0 Å². The summed E-state index contributed by atoms with van der Waals surface area (Å²) in [6.07, 6.45) is -1.71. The van der Waals surface area contributed by atoms with E-state index in [9.17, 15) is 13.2 Å². The lowest BCUT2D eigenvalue weighted by Crippen LogP contribution is -2.13. The fraction of sp³-hybridized carbons (Fsp3) is 0.357. The number of rotatable bonds is 1. The van der Waals surface area contributed by atoms with Crippen molar-refractivity contribution in [1.82, 2.24) is 9.55 Å². The third kappa shape index (κ3) is 2.20. The first-order valence-corrected chi connectivity index (χ1v) is 6.78. The SMILES string of the molecule is FC(F)(F)c1ccccc1-c1nc(Cl)c2n1CCCC2. The second-order valence-corrected chi connectivity index (χ2v) is 5.18. The maximum absolute atomic E-state index is 13.1. The standard InChI is InChI=1S/C14H12ClF3N2/c15-12-11-7-3-4-8-20(11)13(19-12)9-5-1-2-6-10(9)14(16,17)18/h1-2,5-6H,3-4,7-8H2. The predicted octanol–water partition coefficient (Wildman–Crippen LogP) is 4.56. The van der Waals surface area contributed by atoms with Gasteiger partial charge in [-0.1, -0.05) is 29.8 Å². The minimum absolute atomic E-state index is 0.0926. The first-order valence-electron chi connectivity index (χ1n) is 6.40. The van der Waals surface area contributed by atoms with Gasteiger partial charge in [-0.25, -0.2) is 4.98 Å². The fourth-order valence-corrected chi connectivity index (χ4v) is 2.91. The zero-order valence-corrected chi connectivity index (χ0v) is 11.3. The van der Waals surface area contributed by atoms with Crippen LogP contribution in [-0.4, -0.2) is 9.55 Å². The highest BCUT2D eigenvalue weighted by Gasteiger charge is 2.35. The molecular formula is C14H12ClF3N2. The summed E-state index contributed by atoms with van der Waals surface area (Å²) in [6, 6.07) is 5.49. The first kappa shape index (κ1) is 13.5. The van der Waals surface area contributed by atoms with Crippen LogP contribution in [0.15, 0.2) is 24.3 Å². The van der Waals surface area contributed by atoms with Crippen LogP contribution < -0.4 is 0 Å². The molecule has 2 nitrogen and oxygen atoms in total. The second-order valence-electron chi connectivity index (χ2n) is 4.83. The van der Waals surface area contributed by atoms with Crippen LogP contribution in [0.3, 0.4) is 0 Å². The molecule has 0 aliphatic carbocycles. The van der Waals surface area contributed by atoms with Gasteiger partial charge in [-0.05, 0) is 25.3 Å². The second kappa shape index (κ2) is 4.81. The lowest BCUT2D eigenvalue weighted by atomic mass is 10.1. The third-order valence-electron chi connectivity index (χ3n) is 3.54. The summed E-state index contributed by atoms with van der Waals surface area (Å²) < 4.78 is 41.1. The molecule has 0 saturated heterocycles. The largest absolute Gasteiger partial charge is 0.417 e. The summed E-state index contributed by atoms with van der Waals surface area (Å²) in [6.45, 7) is 0.663. The number of nitrogens with zero attached hydrogens (tertiary/aromatic N) is 2. The lowest BCUT2D eigenvalue weighted by Gasteiger charge is -2.18. The first-order chi connectivity index (χ1) is 9.48. The molecule has 6 heteroatoms. The summed E-state index contributed by atoms with van der Waals surface area (Å²) >= 11 is 6.07. The molecule has 0 atom stereocenters. The molecule has 0 spiro atoms. The average molecular weight is 301 g/mol. The average Bonchev–Trinajstić information content (AvgIpc) is 2.76. The summed E-state index contributed by atoms with van der Waals surface area (Å²) in [4.78, 5) is 4.17. The van der Waals surface area contributed by atoms with Gasteiger partial charge in [0.2, 0.25) is 0 Å². The Hall–Kier alpha value is -1.49. The van der Waals surface area contributed by atoms with Crippen molar-refractivity contribution in [2.45, 2.75) is 32.0 Å². The molecule has 0 radical (unpaired) electrons. The molecule has 1 aliphatic rings. The van der Waals surface area contributed by atoms with E-state index in [1.54, 1.807) is 6.07 Å². The van der Waals surface area contributed by atoms with Gasteiger partial charge in [0.1, 0.15) is 5.82 Å². The Kier molecular flexibility index (Phi) is 3.24. The van der Waals surface area contributed by atoms with E-state index >= 15 is 0 Å². The van der Waals surface area contributed by atoms with Gasteiger partial charge in [0.05, 0.1) is 11.3 Å². The van der Waals surface area contributed by atoms with Crippen LogP contribution in [0.5, 0.6) is 0 Å². The quantitative estimate of drug-likeness (QED) is 0.755. The predicted molar refractivity (Wildman–Crippen MR) is 70.6 cm³/mol. The van der Waals surface area contributed by atoms with Crippen LogP contribution in [0.4, 0.5) is 13.2 Å². The zero-order valence-electron chi connectivity index (χ0n) is 10.5. The molecule has 1 aromatic heterocycles. The van der Waals surface area contributed by atoms with Crippen molar-refractivity contribution in [3.05, 3.63) is 40.7 Å². The maximum atomic E-state index is 13.1. The number of aromatic nitrogens is 2. The minimum atomic E-state index is -4.40. The number of fused-ring (bicyclic) bond motifs is 1. The summed E-state index contributed by atoms with van der Waals surface area (Å²) in [5, 5.41) is 0.316. The van der Waals surface area contributed by atoms with Crippen molar-refractivity contribution in [3.8, 4) is 11.4 Å². The highest BCUT2D eigenvalue weighted by molar-refractivity contribution is 6.30. The summed E-state index contributed by atoms with van der Waals surface area (Å²) in [7, 11) is 0. The van der Waals surface area contributed by atoms with Gasteiger partial charge in [-0.2, -0.15) is 13.2 Å². The molecule has 0 fully saturated rings. The normalized spacial score (nSPS) is 15.2. The van der Waals surface area contributed by atoms with Gasteiger partial charge < -0.3 is 4.57 Å². The van der Waals surface area contributed by atoms with E-state index in [1.807, 2.05) is 4.57 Å². The molecule has 2 heterocycles. The number of imidazole rings is 1. The van der Waals surface area contributed by atoms with E-state index in [2.05, 4.69) is 4.98 Å². The van der Waals surface area contributed by atoms with Crippen molar-refractivity contribution >= 4 is 11.6 Å². The van der Waals surface area contributed by atoms with Gasteiger partial charge in [-0.3, -0.25) is 0 Å². The molecule has 0 unspecified atom stereocenters. The molecule has 2 aromatic rings. The van der Waals surface area contributed by atoms with E-state index in [1.165, 1.54) is 12.1 Å². The molecule has 0 amide bonds. The molecule has 20 heavy (non-hydrogen) atoms. The zero-order chi connectivity index (χ0) is 14.3. The van der Waals surface area contributed by atoms with Gasteiger partial charge in [0.25, 0.3) is 0 Å². The van der Waals surface area contributed by atoms with E-state index in [0.717, 1.165) is 31.0 Å². The van der Waals surface area contributed by atoms with E-state index in [-0.39, 0.29) is 5.56 Å². The van der Waals surface area contributed by atoms with Crippen LogP contribution in [0, 0.1) is 0 Å². The lowest BCUT2D eigenvalue weighted by molar-refractivity contribution is -0.137. The van der Waals surface area contributed by atoms with Crippen molar-refractivity contribution in [2.75, 3.05) is 0 Å². The molecule has 3 rings (SSSR count). The highest BCUT2D eigenvalue weighted by Crippen LogP contribution is 2.38. The van der Waals surface area contributed by atoms with Crippen molar-refractivity contribution in [3.63, 3.8) is 0 Å². The number of alkyl halides is 3. The topological polar surface area (TPSA) is 17.8 Å².